The largest absolute Gasteiger partial charge is 0.383 e. The first kappa shape index (κ1) is 17.1. The van der Waals surface area contributed by atoms with Crippen molar-refractivity contribution in [1.82, 2.24) is 24.5 Å². The highest BCUT2D eigenvalue weighted by molar-refractivity contribution is 7.89. The van der Waals surface area contributed by atoms with Crippen LogP contribution in [0.2, 0.25) is 5.02 Å². The predicted molar refractivity (Wildman–Crippen MR) is 86.7 cm³/mol. The molecule has 0 saturated carbocycles. The predicted octanol–water partition coefficient (Wildman–Crippen LogP) is 0.869. The van der Waals surface area contributed by atoms with Crippen LogP contribution >= 0.6 is 11.6 Å². The lowest BCUT2D eigenvalue weighted by molar-refractivity contribution is 0.177. The minimum atomic E-state index is -3.89. The van der Waals surface area contributed by atoms with E-state index in [4.69, 9.17) is 22.1 Å². The Morgan fingerprint density at radius 1 is 1.54 bits per heavy atom. The van der Waals surface area contributed by atoms with E-state index in [9.17, 15) is 8.42 Å². The fraction of sp³-hybridized carbons (Fsp3) is 0.462. The number of nitrogen functional groups attached to an aromatic ring is 1. The van der Waals surface area contributed by atoms with Crippen LogP contribution in [-0.2, 0) is 27.9 Å². The first-order chi connectivity index (χ1) is 11.4. The second-order valence-corrected chi connectivity index (χ2v) is 7.51. The van der Waals surface area contributed by atoms with E-state index in [1.54, 1.807) is 11.8 Å². The van der Waals surface area contributed by atoms with Crippen LogP contribution in [0.5, 0.6) is 0 Å². The number of hydrogen-bond donors (Lipinski definition) is 2. The highest BCUT2D eigenvalue weighted by Crippen LogP contribution is 2.27. The summed E-state index contributed by atoms with van der Waals surface area (Å²) in [5, 5.41) is 4.51. The second kappa shape index (κ2) is 6.63. The molecule has 24 heavy (non-hydrogen) atoms. The van der Waals surface area contributed by atoms with Gasteiger partial charge in [-0.15, -0.1) is 0 Å². The van der Waals surface area contributed by atoms with E-state index in [1.165, 1.54) is 12.3 Å². The Labute approximate surface area is 144 Å². The van der Waals surface area contributed by atoms with E-state index < -0.39 is 16.1 Å². The van der Waals surface area contributed by atoms with Crippen molar-refractivity contribution in [3.8, 4) is 0 Å². The number of pyridine rings is 1. The Kier molecular flexibility index (Phi) is 4.72. The number of halogens is 1. The van der Waals surface area contributed by atoms with Crippen LogP contribution in [0.3, 0.4) is 0 Å². The summed E-state index contributed by atoms with van der Waals surface area (Å²) in [4.78, 5) is 8.01. The summed E-state index contributed by atoms with van der Waals surface area (Å²) in [5.41, 5.74) is 5.68. The molecular formula is C13H17ClN6O3S. The van der Waals surface area contributed by atoms with E-state index in [0.717, 1.165) is 6.42 Å². The van der Waals surface area contributed by atoms with E-state index in [0.29, 0.717) is 24.6 Å². The van der Waals surface area contributed by atoms with Gasteiger partial charge in [-0.1, -0.05) is 11.6 Å². The summed E-state index contributed by atoms with van der Waals surface area (Å²) in [6.45, 7) is 0.954. The number of fused-ring (bicyclic) bond motifs is 1. The Hall–Kier alpha value is -1.75. The molecule has 1 atom stereocenters. The number of anilines is 1. The lowest BCUT2D eigenvalue weighted by Crippen LogP contribution is -2.33. The van der Waals surface area contributed by atoms with Gasteiger partial charge in [-0.3, -0.25) is 0 Å². The molecule has 3 heterocycles. The number of methoxy groups -OCH3 is 1. The van der Waals surface area contributed by atoms with Crippen LogP contribution in [0.15, 0.2) is 17.2 Å². The zero-order valence-corrected chi connectivity index (χ0v) is 14.5. The van der Waals surface area contributed by atoms with Gasteiger partial charge in [0, 0.05) is 19.9 Å². The molecule has 1 aliphatic heterocycles. The fourth-order valence-corrected chi connectivity index (χ4v) is 4.16. The molecule has 0 aliphatic carbocycles. The van der Waals surface area contributed by atoms with Crippen molar-refractivity contribution < 1.29 is 13.2 Å². The molecule has 0 aromatic carbocycles. The van der Waals surface area contributed by atoms with Crippen molar-refractivity contribution in [2.45, 2.75) is 36.9 Å². The van der Waals surface area contributed by atoms with Crippen LogP contribution in [0.1, 0.15) is 30.5 Å². The number of aryl methyl sites for hydroxylation is 1. The third kappa shape index (κ3) is 3.36. The third-order valence-corrected chi connectivity index (χ3v) is 5.33. The summed E-state index contributed by atoms with van der Waals surface area (Å²) < 4.78 is 34.6. The summed E-state index contributed by atoms with van der Waals surface area (Å²) in [7, 11) is -2.34. The molecular weight excluding hydrogens is 356 g/mol. The lowest BCUT2D eigenvalue weighted by atomic mass is 10.1. The average molecular weight is 373 g/mol. The fourth-order valence-electron chi connectivity index (χ4n) is 2.60. The highest BCUT2D eigenvalue weighted by atomic mass is 35.5. The van der Waals surface area contributed by atoms with Crippen LogP contribution in [0.25, 0.3) is 0 Å². The SMILES string of the molecule is COCc1nc2n(n1)CCC[C@@H]2NS(=O)(=O)c1cc(Cl)cnc1N. The lowest BCUT2D eigenvalue weighted by Gasteiger charge is -2.23. The number of hydrogen-bond acceptors (Lipinski definition) is 7. The molecule has 0 amide bonds. The van der Waals surface area contributed by atoms with Crippen LogP contribution in [0.4, 0.5) is 5.82 Å². The van der Waals surface area contributed by atoms with Crippen molar-refractivity contribution in [3.05, 3.63) is 28.9 Å². The van der Waals surface area contributed by atoms with Gasteiger partial charge in [0.1, 0.15) is 23.1 Å². The van der Waals surface area contributed by atoms with E-state index in [1.807, 2.05) is 0 Å². The van der Waals surface area contributed by atoms with Crippen molar-refractivity contribution in [3.63, 3.8) is 0 Å². The molecule has 0 spiro atoms. The average Bonchev–Trinajstić information content (AvgIpc) is 2.93. The maximum absolute atomic E-state index is 12.6. The number of sulfonamides is 1. The molecule has 0 radical (unpaired) electrons. The molecule has 0 saturated heterocycles. The second-order valence-electron chi connectivity index (χ2n) is 5.40. The maximum atomic E-state index is 12.6. The maximum Gasteiger partial charge on any atom is 0.244 e. The highest BCUT2D eigenvalue weighted by Gasteiger charge is 2.30. The molecule has 9 nitrogen and oxygen atoms in total. The van der Waals surface area contributed by atoms with E-state index >= 15 is 0 Å². The topological polar surface area (TPSA) is 125 Å². The van der Waals surface area contributed by atoms with Gasteiger partial charge in [-0.2, -0.15) is 5.10 Å². The minimum absolute atomic E-state index is 0.107. The Bertz CT molecular complexity index is 853. The van der Waals surface area contributed by atoms with Crippen LogP contribution in [-0.4, -0.2) is 35.3 Å². The number of nitrogens with one attached hydrogen (secondary N) is 1. The van der Waals surface area contributed by atoms with Gasteiger partial charge in [-0.25, -0.2) is 27.8 Å². The smallest absolute Gasteiger partial charge is 0.244 e. The first-order valence-corrected chi connectivity index (χ1v) is 9.12. The van der Waals surface area contributed by atoms with Crippen molar-refractivity contribution in [2.75, 3.05) is 12.8 Å². The number of nitrogens with zero attached hydrogens (tertiary/aromatic N) is 4. The molecule has 3 N–H and O–H groups in total. The summed E-state index contributed by atoms with van der Waals surface area (Å²) in [6.07, 6.45) is 2.68. The van der Waals surface area contributed by atoms with Gasteiger partial charge in [0.2, 0.25) is 10.0 Å². The first-order valence-electron chi connectivity index (χ1n) is 7.26. The van der Waals surface area contributed by atoms with Gasteiger partial charge in [-0.05, 0) is 18.9 Å². The molecule has 2 aromatic rings. The van der Waals surface area contributed by atoms with Gasteiger partial charge >= 0.3 is 0 Å². The molecule has 0 bridgehead atoms. The Morgan fingerprint density at radius 3 is 3.08 bits per heavy atom. The number of nitrogens with two attached hydrogens (primary N) is 1. The Morgan fingerprint density at radius 2 is 2.33 bits per heavy atom. The number of rotatable bonds is 5. The molecule has 0 unspecified atom stereocenters. The van der Waals surface area contributed by atoms with E-state index in [2.05, 4.69) is 19.8 Å². The monoisotopic (exact) mass is 372 g/mol. The summed E-state index contributed by atoms with van der Waals surface area (Å²) in [5.74, 6) is 0.970. The van der Waals surface area contributed by atoms with Gasteiger partial charge < -0.3 is 10.5 Å². The van der Waals surface area contributed by atoms with Gasteiger partial charge in [0.15, 0.2) is 5.82 Å². The standard InChI is InChI=1S/C13H17ClN6O3S/c1-23-7-11-17-13-9(3-2-4-20(13)18-11)19-24(21,22)10-5-8(14)6-16-12(10)15/h5-6,9,19H,2-4,7H2,1H3,(H2,15,16)/t9-/m0/s1. The van der Waals surface area contributed by atoms with Gasteiger partial charge in [0.25, 0.3) is 0 Å². The molecule has 3 rings (SSSR count). The normalized spacial score (nSPS) is 17.7. The van der Waals surface area contributed by atoms with Crippen LogP contribution < -0.4 is 10.5 Å². The van der Waals surface area contributed by atoms with Crippen molar-refractivity contribution >= 4 is 27.4 Å². The minimum Gasteiger partial charge on any atom is -0.383 e. The van der Waals surface area contributed by atoms with Crippen LogP contribution in [0, 0.1) is 0 Å². The molecule has 1 aliphatic rings. The number of aromatic nitrogens is 4. The molecule has 2 aromatic heterocycles. The van der Waals surface area contributed by atoms with Crippen molar-refractivity contribution in [2.24, 2.45) is 0 Å². The molecule has 130 valence electrons. The zero-order chi connectivity index (χ0) is 17.3. The quantitative estimate of drug-likeness (QED) is 0.797. The zero-order valence-electron chi connectivity index (χ0n) is 12.9. The third-order valence-electron chi connectivity index (χ3n) is 3.63. The number of ether oxygens (including phenoxy) is 1. The van der Waals surface area contributed by atoms with Crippen molar-refractivity contribution in [1.29, 1.82) is 0 Å². The Balaban J connectivity index is 1.90. The molecule has 0 fully saturated rings. The molecule has 11 heteroatoms. The summed E-state index contributed by atoms with van der Waals surface area (Å²) in [6, 6.07) is 0.774. The summed E-state index contributed by atoms with van der Waals surface area (Å²) >= 11 is 5.83. The van der Waals surface area contributed by atoms with E-state index in [-0.39, 0.29) is 22.3 Å². The van der Waals surface area contributed by atoms with Gasteiger partial charge in [0.05, 0.1) is 11.1 Å².